The van der Waals surface area contributed by atoms with Crippen molar-refractivity contribution in [2.24, 2.45) is 5.92 Å². The zero-order valence-electron chi connectivity index (χ0n) is 5.75. The Morgan fingerprint density at radius 2 is 2.30 bits per heavy atom. The summed E-state index contributed by atoms with van der Waals surface area (Å²) in [6.45, 7) is 0. The van der Waals surface area contributed by atoms with Crippen LogP contribution in [-0.2, 0) is 9.53 Å². The van der Waals surface area contributed by atoms with E-state index in [2.05, 4.69) is 0 Å². The van der Waals surface area contributed by atoms with E-state index in [4.69, 9.17) is 12.6 Å². The summed E-state index contributed by atoms with van der Waals surface area (Å²) in [6, 6.07) is 0. The van der Waals surface area contributed by atoms with E-state index in [-0.39, 0.29) is 23.8 Å². The number of ether oxygens (including phenoxy) is 1. The van der Waals surface area contributed by atoms with Crippen molar-refractivity contribution < 1.29 is 9.53 Å². The van der Waals surface area contributed by atoms with Crippen LogP contribution in [0.5, 0.6) is 0 Å². The van der Waals surface area contributed by atoms with Gasteiger partial charge in [0, 0.05) is 0 Å². The van der Waals surface area contributed by atoms with Gasteiger partial charge in [0.05, 0.1) is 19.9 Å². The van der Waals surface area contributed by atoms with E-state index in [9.17, 15) is 4.79 Å². The Kier molecular flexibility index (Phi) is 1.26. The predicted molar refractivity (Wildman–Crippen MR) is 36.7 cm³/mol. The molecule has 1 unspecified atom stereocenters. The average Bonchev–Trinajstić information content (AvgIpc) is 2.21. The molecule has 0 amide bonds. The maximum absolute atomic E-state index is 10.9. The lowest BCUT2D eigenvalue weighted by molar-refractivity contribution is -0.143. The van der Waals surface area contributed by atoms with Crippen molar-refractivity contribution >= 4 is 13.8 Å². The molecule has 1 aliphatic heterocycles. The Morgan fingerprint density at radius 3 is 3.00 bits per heavy atom. The first kappa shape index (κ1) is 6.26. The molecule has 2 aliphatic rings. The monoisotopic (exact) mass is 136 g/mol. The summed E-state index contributed by atoms with van der Waals surface area (Å²) in [6.07, 6.45) is 2.77. The Morgan fingerprint density at radius 1 is 1.50 bits per heavy atom. The molecule has 2 rings (SSSR count). The van der Waals surface area contributed by atoms with Gasteiger partial charge in [-0.3, -0.25) is 4.79 Å². The topological polar surface area (TPSA) is 26.3 Å². The highest BCUT2D eigenvalue weighted by Gasteiger charge is 2.40. The van der Waals surface area contributed by atoms with Gasteiger partial charge in [0.25, 0.3) is 0 Å². The number of fused-ring (bicyclic) bond motifs is 2. The number of carbonyl (C=O) groups is 1. The standard InChI is InChI=1S/C7H9BO2/c8-5-2-1-4-3-6(5)10-7(4)9/h4-6H,1-3H2/t4?,5-,6-/m0/s1. The molecule has 0 aromatic rings. The van der Waals surface area contributed by atoms with Gasteiger partial charge in [0.1, 0.15) is 0 Å². The number of rotatable bonds is 0. The van der Waals surface area contributed by atoms with Crippen LogP contribution in [0.4, 0.5) is 0 Å². The molecule has 1 aliphatic carbocycles. The molecule has 0 aromatic heterocycles. The summed E-state index contributed by atoms with van der Waals surface area (Å²) in [7, 11) is 5.70. The summed E-state index contributed by atoms with van der Waals surface area (Å²) in [5, 5.41) is 0. The summed E-state index contributed by atoms with van der Waals surface area (Å²) >= 11 is 0. The van der Waals surface area contributed by atoms with Crippen molar-refractivity contribution in [1.29, 1.82) is 0 Å². The first-order chi connectivity index (χ1) is 4.77. The Balaban J connectivity index is 2.15. The quantitative estimate of drug-likeness (QED) is 0.361. The fraction of sp³-hybridized carbons (Fsp3) is 0.857. The molecule has 52 valence electrons. The maximum Gasteiger partial charge on any atom is 0.309 e. The van der Waals surface area contributed by atoms with Crippen molar-refractivity contribution in [3.63, 3.8) is 0 Å². The van der Waals surface area contributed by atoms with E-state index in [0.717, 1.165) is 19.3 Å². The van der Waals surface area contributed by atoms with E-state index < -0.39 is 0 Å². The molecule has 2 radical (unpaired) electrons. The van der Waals surface area contributed by atoms with Crippen molar-refractivity contribution in [2.75, 3.05) is 0 Å². The maximum atomic E-state index is 10.9. The summed E-state index contributed by atoms with van der Waals surface area (Å²) in [4.78, 5) is 10.9. The fourth-order valence-corrected chi connectivity index (χ4v) is 1.75. The molecule has 1 heterocycles. The minimum Gasteiger partial charge on any atom is -0.463 e. The average molecular weight is 136 g/mol. The van der Waals surface area contributed by atoms with E-state index in [0.29, 0.717) is 0 Å². The van der Waals surface area contributed by atoms with E-state index in [1.54, 1.807) is 0 Å². The van der Waals surface area contributed by atoms with Crippen LogP contribution in [0.15, 0.2) is 0 Å². The van der Waals surface area contributed by atoms with Crippen molar-refractivity contribution in [3.8, 4) is 0 Å². The van der Waals surface area contributed by atoms with Crippen LogP contribution >= 0.6 is 0 Å². The van der Waals surface area contributed by atoms with Gasteiger partial charge < -0.3 is 4.74 Å². The van der Waals surface area contributed by atoms with Gasteiger partial charge in [0.2, 0.25) is 0 Å². The molecule has 1 saturated heterocycles. The largest absolute Gasteiger partial charge is 0.463 e. The Labute approximate surface area is 61.3 Å². The molecule has 3 atom stereocenters. The van der Waals surface area contributed by atoms with Crippen LogP contribution < -0.4 is 0 Å². The summed E-state index contributed by atoms with van der Waals surface area (Å²) in [5.74, 6) is 0.241. The van der Waals surface area contributed by atoms with E-state index in [1.165, 1.54) is 0 Å². The SMILES string of the molecule is [B][C@H]1CCC2C[C@@H]1OC2=O. The number of hydrogen-bond donors (Lipinski definition) is 0. The smallest absolute Gasteiger partial charge is 0.309 e. The van der Waals surface area contributed by atoms with Crippen LogP contribution in [0, 0.1) is 5.92 Å². The lowest BCUT2D eigenvalue weighted by Gasteiger charge is -2.21. The molecule has 2 fully saturated rings. The van der Waals surface area contributed by atoms with Crippen LogP contribution in [0.2, 0.25) is 5.82 Å². The minimum absolute atomic E-state index is 0.0297. The Bertz CT molecular complexity index is 169. The van der Waals surface area contributed by atoms with Gasteiger partial charge in [-0.1, -0.05) is 6.42 Å². The molecule has 0 aromatic carbocycles. The van der Waals surface area contributed by atoms with Crippen molar-refractivity contribution in [3.05, 3.63) is 0 Å². The van der Waals surface area contributed by atoms with Gasteiger partial charge in [-0.05, 0) is 18.7 Å². The van der Waals surface area contributed by atoms with Gasteiger partial charge in [-0.2, -0.15) is 0 Å². The zero-order valence-corrected chi connectivity index (χ0v) is 5.75. The number of carbonyl (C=O) groups excluding carboxylic acids is 1. The molecule has 0 spiro atoms. The van der Waals surface area contributed by atoms with E-state index >= 15 is 0 Å². The van der Waals surface area contributed by atoms with Gasteiger partial charge in [-0.25, -0.2) is 0 Å². The van der Waals surface area contributed by atoms with Gasteiger partial charge >= 0.3 is 5.97 Å². The van der Waals surface area contributed by atoms with Crippen LogP contribution in [-0.4, -0.2) is 19.9 Å². The van der Waals surface area contributed by atoms with Crippen LogP contribution in [0.3, 0.4) is 0 Å². The molecular formula is C7H9BO2. The first-order valence-corrected chi connectivity index (χ1v) is 3.73. The molecule has 2 nitrogen and oxygen atoms in total. The zero-order chi connectivity index (χ0) is 7.14. The fourth-order valence-electron chi connectivity index (χ4n) is 1.75. The van der Waals surface area contributed by atoms with Crippen LogP contribution in [0.1, 0.15) is 19.3 Å². The highest BCUT2D eigenvalue weighted by atomic mass is 16.6. The second-order valence-corrected chi connectivity index (χ2v) is 3.15. The summed E-state index contributed by atoms with van der Waals surface area (Å²) in [5.41, 5.74) is 0. The second-order valence-electron chi connectivity index (χ2n) is 3.15. The van der Waals surface area contributed by atoms with Gasteiger partial charge in [-0.15, -0.1) is 0 Å². The normalized spacial score (nSPS) is 45.2. The van der Waals surface area contributed by atoms with Crippen molar-refractivity contribution in [1.82, 2.24) is 0 Å². The molecule has 1 saturated carbocycles. The predicted octanol–water partition coefficient (Wildman–Crippen LogP) is 0.669. The highest BCUT2D eigenvalue weighted by Crippen LogP contribution is 2.39. The third kappa shape index (κ3) is 0.763. The van der Waals surface area contributed by atoms with E-state index in [1.807, 2.05) is 0 Å². The third-order valence-electron chi connectivity index (χ3n) is 2.44. The number of hydrogen-bond acceptors (Lipinski definition) is 2. The molecule has 10 heavy (non-hydrogen) atoms. The van der Waals surface area contributed by atoms with Crippen LogP contribution in [0.25, 0.3) is 0 Å². The lowest BCUT2D eigenvalue weighted by Crippen LogP contribution is -2.18. The minimum atomic E-state index is -0.0297. The highest BCUT2D eigenvalue weighted by molar-refractivity contribution is 6.12. The molecular weight excluding hydrogens is 127 g/mol. The Hall–Kier alpha value is -0.465. The van der Waals surface area contributed by atoms with Crippen molar-refractivity contribution in [2.45, 2.75) is 31.2 Å². The lowest BCUT2D eigenvalue weighted by atomic mass is 9.71. The second kappa shape index (κ2) is 2.01. The third-order valence-corrected chi connectivity index (χ3v) is 2.44. The first-order valence-electron chi connectivity index (χ1n) is 3.73. The van der Waals surface area contributed by atoms with Gasteiger partial charge in [0.15, 0.2) is 0 Å². The number of esters is 1. The molecule has 3 heteroatoms. The molecule has 0 N–H and O–H groups in total. The summed E-state index contributed by atoms with van der Waals surface area (Å²) < 4.78 is 5.03. The molecule has 2 bridgehead atoms.